The fraction of sp³-hybridized carbons (Fsp3) is 0.333. The van der Waals surface area contributed by atoms with Gasteiger partial charge in [0, 0.05) is 28.7 Å². The number of halogens is 1. The highest BCUT2D eigenvalue weighted by Crippen LogP contribution is 2.32. The van der Waals surface area contributed by atoms with Gasteiger partial charge in [-0.3, -0.25) is 14.5 Å². The first-order chi connectivity index (χ1) is 14.5. The molecule has 1 aliphatic rings. The molecule has 1 saturated heterocycles. The molecule has 0 aliphatic carbocycles. The molecule has 0 bridgehead atoms. The predicted octanol–water partition coefficient (Wildman–Crippen LogP) is 2.75. The fourth-order valence-electron chi connectivity index (χ4n) is 3.53. The van der Waals surface area contributed by atoms with Crippen LogP contribution >= 0.6 is 23.4 Å². The standard InChI is InChI=1S/C21H24ClN3O4S2/c1-21(20(27)23-12-15-7-9-16(22)10-8-15)14-24(31(3,28)29)13-19(26)25(21)17-5-4-6-18(11-17)30-2/h4-11H,12-14H2,1-3H3,(H,23,27)/t21-/m1/s1. The summed E-state index contributed by atoms with van der Waals surface area (Å²) in [5.41, 5.74) is -0.0458. The molecule has 1 N–H and O–H groups in total. The molecule has 0 spiro atoms. The van der Waals surface area contributed by atoms with Gasteiger partial charge in [-0.05, 0) is 49.1 Å². The number of piperazine rings is 1. The first-order valence-electron chi connectivity index (χ1n) is 9.49. The Kier molecular flexibility index (Phi) is 7.00. The minimum absolute atomic E-state index is 0.145. The Morgan fingerprint density at radius 2 is 1.90 bits per heavy atom. The Balaban J connectivity index is 1.96. The summed E-state index contributed by atoms with van der Waals surface area (Å²) < 4.78 is 25.5. The van der Waals surface area contributed by atoms with Gasteiger partial charge in [-0.1, -0.05) is 29.8 Å². The van der Waals surface area contributed by atoms with E-state index in [1.165, 1.54) is 16.7 Å². The number of sulfonamides is 1. The van der Waals surface area contributed by atoms with Crippen molar-refractivity contribution in [3.63, 3.8) is 0 Å². The van der Waals surface area contributed by atoms with Gasteiger partial charge in [0.1, 0.15) is 5.54 Å². The summed E-state index contributed by atoms with van der Waals surface area (Å²) in [7, 11) is -3.67. The number of rotatable bonds is 6. The van der Waals surface area contributed by atoms with Crippen LogP contribution in [0.25, 0.3) is 0 Å². The van der Waals surface area contributed by atoms with Crippen molar-refractivity contribution in [2.45, 2.75) is 23.9 Å². The van der Waals surface area contributed by atoms with Crippen molar-refractivity contribution < 1.29 is 18.0 Å². The molecule has 0 saturated carbocycles. The minimum atomic E-state index is -3.67. The first-order valence-corrected chi connectivity index (χ1v) is 12.9. The SMILES string of the molecule is CSc1cccc(N2C(=O)CN(S(C)(=O)=O)C[C@]2(C)C(=O)NCc2ccc(Cl)cc2)c1. The van der Waals surface area contributed by atoms with E-state index in [2.05, 4.69) is 5.32 Å². The molecule has 31 heavy (non-hydrogen) atoms. The molecule has 1 fully saturated rings. The second-order valence-electron chi connectivity index (χ2n) is 7.54. The Bertz CT molecular complexity index is 1090. The quantitative estimate of drug-likeness (QED) is 0.641. The molecule has 1 atom stereocenters. The lowest BCUT2D eigenvalue weighted by Gasteiger charge is -2.46. The Hall–Kier alpha value is -2.07. The van der Waals surface area contributed by atoms with E-state index in [1.807, 2.05) is 24.5 Å². The van der Waals surface area contributed by atoms with Gasteiger partial charge in [0.15, 0.2) is 0 Å². The summed E-state index contributed by atoms with van der Waals surface area (Å²) in [6.07, 6.45) is 2.96. The van der Waals surface area contributed by atoms with Crippen LogP contribution in [0.15, 0.2) is 53.4 Å². The van der Waals surface area contributed by atoms with Crippen molar-refractivity contribution in [3.05, 3.63) is 59.1 Å². The van der Waals surface area contributed by atoms with Crippen LogP contribution in [-0.4, -0.2) is 55.7 Å². The van der Waals surface area contributed by atoms with Crippen molar-refractivity contribution in [2.75, 3.05) is 30.5 Å². The molecule has 2 aromatic carbocycles. The number of hydrogen-bond donors (Lipinski definition) is 1. The number of carbonyl (C=O) groups excluding carboxylic acids is 2. The summed E-state index contributed by atoms with van der Waals surface area (Å²) in [5, 5.41) is 3.43. The van der Waals surface area contributed by atoms with E-state index in [0.717, 1.165) is 21.0 Å². The van der Waals surface area contributed by atoms with Crippen molar-refractivity contribution in [2.24, 2.45) is 0 Å². The summed E-state index contributed by atoms with van der Waals surface area (Å²) in [6.45, 7) is 1.35. The number of nitrogens with one attached hydrogen (secondary N) is 1. The molecule has 10 heteroatoms. The maximum atomic E-state index is 13.4. The molecule has 1 heterocycles. The number of thioether (sulfide) groups is 1. The monoisotopic (exact) mass is 481 g/mol. The third-order valence-corrected chi connectivity index (χ3v) is 7.35. The lowest BCUT2D eigenvalue weighted by molar-refractivity contribution is -0.133. The normalized spacial score (nSPS) is 20.0. The highest BCUT2D eigenvalue weighted by Gasteiger charge is 2.50. The van der Waals surface area contributed by atoms with Crippen LogP contribution in [0.4, 0.5) is 5.69 Å². The Labute approximate surface area is 191 Å². The number of amides is 2. The molecule has 0 radical (unpaired) electrons. The van der Waals surface area contributed by atoms with Gasteiger partial charge >= 0.3 is 0 Å². The van der Waals surface area contributed by atoms with E-state index in [4.69, 9.17) is 11.6 Å². The minimum Gasteiger partial charge on any atom is -0.350 e. The average Bonchev–Trinajstić information content (AvgIpc) is 2.72. The highest BCUT2D eigenvalue weighted by molar-refractivity contribution is 7.98. The fourth-order valence-corrected chi connectivity index (χ4v) is 4.94. The van der Waals surface area contributed by atoms with Crippen LogP contribution in [0.1, 0.15) is 12.5 Å². The van der Waals surface area contributed by atoms with Crippen LogP contribution in [0.2, 0.25) is 5.02 Å². The maximum Gasteiger partial charge on any atom is 0.247 e. The zero-order chi connectivity index (χ0) is 22.8. The van der Waals surface area contributed by atoms with E-state index in [0.29, 0.717) is 10.7 Å². The zero-order valence-corrected chi connectivity index (χ0v) is 19.9. The predicted molar refractivity (Wildman–Crippen MR) is 124 cm³/mol. The van der Waals surface area contributed by atoms with Crippen molar-refractivity contribution in [1.29, 1.82) is 0 Å². The topological polar surface area (TPSA) is 86.8 Å². The summed E-state index contributed by atoms with van der Waals surface area (Å²) in [6, 6.07) is 14.3. The van der Waals surface area contributed by atoms with Crippen LogP contribution in [0, 0.1) is 0 Å². The van der Waals surface area contributed by atoms with Gasteiger partial charge in [-0.15, -0.1) is 11.8 Å². The molecule has 3 rings (SSSR count). The lowest BCUT2D eigenvalue weighted by atomic mass is 9.94. The van der Waals surface area contributed by atoms with E-state index in [9.17, 15) is 18.0 Å². The third-order valence-electron chi connectivity index (χ3n) is 5.17. The number of carbonyl (C=O) groups is 2. The maximum absolute atomic E-state index is 13.4. The average molecular weight is 482 g/mol. The molecular weight excluding hydrogens is 458 g/mol. The van der Waals surface area contributed by atoms with Crippen LogP contribution in [0.5, 0.6) is 0 Å². The molecule has 1 aliphatic heterocycles. The number of anilines is 1. The van der Waals surface area contributed by atoms with Crippen molar-refractivity contribution in [3.8, 4) is 0 Å². The second kappa shape index (κ2) is 9.20. The van der Waals surface area contributed by atoms with Crippen molar-refractivity contribution in [1.82, 2.24) is 9.62 Å². The lowest BCUT2D eigenvalue weighted by Crippen LogP contribution is -2.70. The molecule has 7 nitrogen and oxygen atoms in total. The number of hydrogen-bond acceptors (Lipinski definition) is 5. The van der Waals surface area contributed by atoms with E-state index in [-0.39, 0.29) is 19.6 Å². The van der Waals surface area contributed by atoms with Crippen LogP contribution in [0.3, 0.4) is 0 Å². The van der Waals surface area contributed by atoms with E-state index < -0.39 is 27.4 Å². The Morgan fingerprint density at radius 3 is 2.52 bits per heavy atom. The third kappa shape index (κ3) is 5.23. The molecule has 2 amide bonds. The molecule has 0 aromatic heterocycles. The van der Waals surface area contributed by atoms with Gasteiger partial charge < -0.3 is 5.32 Å². The zero-order valence-electron chi connectivity index (χ0n) is 17.5. The van der Waals surface area contributed by atoms with Gasteiger partial charge in [-0.25, -0.2) is 8.42 Å². The molecule has 166 valence electrons. The van der Waals surface area contributed by atoms with Gasteiger partial charge in [0.05, 0.1) is 12.8 Å². The van der Waals surface area contributed by atoms with Crippen molar-refractivity contribution >= 4 is 50.9 Å². The van der Waals surface area contributed by atoms with Crippen LogP contribution < -0.4 is 10.2 Å². The molecular formula is C21H24ClN3O4S2. The van der Waals surface area contributed by atoms with Crippen LogP contribution in [-0.2, 0) is 26.2 Å². The molecule has 2 aromatic rings. The second-order valence-corrected chi connectivity index (χ2v) is 10.8. The number of nitrogens with zero attached hydrogens (tertiary/aromatic N) is 2. The summed E-state index contributed by atoms with van der Waals surface area (Å²) in [5.74, 6) is -0.905. The van der Waals surface area contributed by atoms with Gasteiger partial charge in [0.25, 0.3) is 0 Å². The largest absolute Gasteiger partial charge is 0.350 e. The highest BCUT2D eigenvalue weighted by atomic mass is 35.5. The summed E-state index contributed by atoms with van der Waals surface area (Å²) in [4.78, 5) is 28.8. The van der Waals surface area contributed by atoms with Gasteiger partial charge in [-0.2, -0.15) is 4.31 Å². The first kappa shape index (κ1) is 23.6. The molecule has 0 unspecified atom stereocenters. The van der Waals surface area contributed by atoms with Gasteiger partial charge in [0.2, 0.25) is 21.8 Å². The Morgan fingerprint density at radius 1 is 1.23 bits per heavy atom. The van der Waals surface area contributed by atoms with E-state index >= 15 is 0 Å². The van der Waals surface area contributed by atoms with E-state index in [1.54, 1.807) is 37.3 Å². The summed E-state index contributed by atoms with van der Waals surface area (Å²) >= 11 is 7.42. The number of benzene rings is 2. The smallest absolute Gasteiger partial charge is 0.247 e.